The van der Waals surface area contributed by atoms with Gasteiger partial charge in [-0.2, -0.15) is 0 Å². The van der Waals surface area contributed by atoms with Gasteiger partial charge in [0.25, 0.3) is 0 Å². The number of likely N-dealkylation sites (tertiary alicyclic amines) is 2. The standard InChI is InChI=1S/C17H32N2O/c1-15(16(20)19-11-6-4-5-7-12-19)18-13-8-9-17(2,3)10-14-18/h15H,4-14H2,1-3H3. The van der Waals surface area contributed by atoms with Gasteiger partial charge in [-0.15, -0.1) is 0 Å². The molecule has 3 nitrogen and oxygen atoms in total. The van der Waals surface area contributed by atoms with Gasteiger partial charge < -0.3 is 4.90 Å². The molecule has 1 unspecified atom stereocenters. The molecule has 2 saturated heterocycles. The summed E-state index contributed by atoms with van der Waals surface area (Å²) in [5.74, 6) is 0.367. The molecule has 2 rings (SSSR count). The van der Waals surface area contributed by atoms with E-state index in [-0.39, 0.29) is 6.04 Å². The fraction of sp³-hybridized carbons (Fsp3) is 0.941. The summed E-state index contributed by atoms with van der Waals surface area (Å²) < 4.78 is 0. The van der Waals surface area contributed by atoms with Crippen molar-refractivity contribution in [2.24, 2.45) is 5.41 Å². The van der Waals surface area contributed by atoms with Crippen molar-refractivity contribution in [3.05, 3.63) is 0 Å². The van der Waals surface area contributed by atoms with Crippen molar-refractivity contribution in [1.29, 1.82) is 0 Å². The molecule has 3 heteroatoms. The van der Waals surface area contributed by atoms with Gasteiger partial charge in [0.15, 0.2) is 0 Å². The van der Waals surface area contributed by atoms with Gasteiger partial charge in [-0.25, -0.2) is 0 Å². The van der Waals surface area contributed by atoms with Gasteiger partial charge in [-0.05, 0) is 57.5 Å². The van der Waals surface area contributed by atoms with Gasteiger partial charge in [-0.1, -0.05) is 26.7 Å². The van der Waals surface area contributed by atoms with Crippen LogP contribution in [-0.4, -0.2) is 47.9 Å². The number of rotatable bonds is 2. The van der Waals surface area contributed by atoms with E-state index in [4.69, 9.17) is 0 Å². The first kappa shape index (κ1) is 15.8. The average Bonchev–Trinajstić information content (AvgIpc) is 2.77. The lowest BCUT2D eigenvalue weighted by molar-refractivity contribution is -0.136. The van der Waals surface area contributed by atoms with Crippen LogP contribution in [0.25, 0.3) is 0 Å². The molecule has 2 heterocycles. The minimum Gasteiger partial charge on any atom is -0.341 e. The summed E-state index contributed by atoms with van der Waals surface area (Å²) in [4.78, 5) is 17.2. The third-order valence-electron chi connectivity index (χ3n) is 5.20. The fourth-order valence-corrected chi connectivity index (χ4v) is 3.54. The van der Waals surface area contributed by atoms with Crippen LogP contribution in [0.15, 0.2) is 0 Å². The first-order valence-electron chi connectivity index (χ1n) is 8.52. The number of hydrogen-bond donors (Lipinski definition) is 0. The van der Waals surface area contributed by atoms with Crippen LogP contribution in [0.4, 0.5) is 0 Å². The van der Waals surface area contributed by atoms with E-state index >= 15 is 0 Å². The van der Waals surface area contributed by atoms with Crippen LogP contribution in [0.5, 0.6) is 0 Å². The molecule has 0 aromatic carbocycles. The molecule has 1 atom stereocenters. The van der Waals surface area contributed by atoms with Crippen molar-refractivity contribution < 1.29 is 4.79 Å². The SMILES string of the molecule is CC(C(=O)N1CCCCCC1)N1CCCC(C)(C)CC1. The summed E-state index contributed by atoms with van der Waals surface area (Å²) in [5.41, 5.74) is 0.445. The zero-order chi connectivity index (χ0) is 14.6. The van der Waals surface area contributed by atoms with Crippen LogP contribution in [0.3, 0.4) is 0 Å². The second-order valence-corrected chi connectivity index (χ2v) is 7.47. The van der Waals surface area contributed by atoms with Crippen molar-refractivity contribution in [1.82, 2.24) is 9.80 Å². The predicted octanol–water partition coefficient (Wildman–Crippen LogP) is 3.29. The molecule has 1 amide bonds. The highest BCUT2D eigenvalue weighted by molar-refractivity contribution is 5.81. The molecule has 116 valence electrons. The molecular weight excluding hydrogens is 248 g/mol. The molecule has 20 heavy (non-hydrogen) atoms. The Balaban J connectivity index is 1.92. The lowest BCUT2D eigenvalue weighted by atomic mass is 9.85. The Hall–Kier alpha value is -0.570. The van der Waals surface area contributed by atoms with Gasteiger partial charge in [0.2, 0.25) is 5.91 Å². The largest absolute Gasteiger partial charge is 0.341 e. The van der Waals surface area contributed by atoms with Gasteiger partial charge in [0, 0.05) is 13.1 Å². The maximum absolute atomic E-state index is 12.7. The van der Waals surface area contributed by atoms with Crippen molar-refractivity contribution in [3.8, 4) is 0 Å². The molecule has 0 N–H and O–H groups in total. The highest BCUT2D eigenvalue weighted by Crippen LogP contribution is 2.30. The van der Waals surface area contributed by atoms with Gasteiger partial charge in [0.05, 0.1) is 6.04 Å². The summed E-state index contributed by atoms with van der Waals surface area (Å²) in [6.07, 6.45) is 8.67. The normalized spacial score (nSPS) is 26.6. The van der Waals surface area contributed by atoms with Crippen LogP contribution in [0, 0.1) is 5.41 Å². The van der Waals surface area contributed by atoms with E-state index in [0.29, 0.717) is 11.3 Å². The number of amides is 1. The molecule has 0 aromatic heterocycles. The summed E-state index contributed by atoms with van der Waals surface area (Å²) in [6, 6.07) is 0.0713. The lowest BCUT2D eigenvalue weighted by Crippen LogP contribution is -2.47. The van der Waals surface area contributed by atoms with E-state index in [1.165, 1.54) is 44.9 Å². The van der Waals surface area contributed by atoms with Crippen LogP contribution in [0.2, 0.25) is 0 Å². The molecule has 2 fully saturated rings. The quantitative estimate of drug-likeness (QED) is 0.775. The molecule has 2 aliphatic heterocycles. The molecule has 0 spiro atoms. The summed E-state index contributed by atoms with van der Waals surface area (Å²) >= 11 is 0. The van der Waals surface area contributed by atoms with E-state index in [0.717, 1.165) is 26.2 Å². The van der Waals surface area contributed by atoms with Gasteiger partial charge >= 0.3 is 0 Å². The Morgan fingerprint density at radius 3 is 2.20 bits per heavy atom. The first-order chi connectivity index (χ1) is 9.49. The van der Waals surface area contributed by atoms with Gasteiger partial charge in [0.1, 0.15) is 0 Å². The summed E-state index contributed by atoms with van der Waals surface area (Å²) in [7, 11) is 0. The number of carbonyl (C=O) groups excluding carboxylic acids is 1. The highest BCUT2D eigenvalue weighted by Gasteiger charge is 2.30. The minimum absolute atomic E-state index is 0.0713. The summed E-state index contributed by atoms with van der Waals surface area (Å²) in [6.45, 7) is 10.9. The van der Waals surface area contributed by atoms with Crippen molar-refractivity contribution in [3.63, 3.8) is 0 Å². The third kappa shape index (κ3) is 4.21. The Morgan fingerprint density at radius 1 is 0.900 bits per heavy atom. The zero-order valence-electron chi connectivity index (χ0n) is 13.7. The van der Waals surface area contributed by atoms with Crippen LogP contribution in [0.1, 0.15) is 65.7 Å². The molecule has 0 aliphatic carbocycles. The molecule has 0 saturated carbocycles. The maximum atomic E-state index is 12.7. The molecule has 0 radical (unpaired) electrons. The Morgan fingerprint density at radius 2 is 1.55 bits per heavy atom. The van der Waals surface area contributed by atoms with Gasteiger partial charge in [-0.3, -0.25) is 9.69 Å². The smallest absolute Gasteiger partial charge is 0.239 e. The molecule has 0 aromatic rings. The fourth-order valence-electron chi connectivity index (χ4n) is 3.54. The van der Waals surface area contributed by atoms with E-state index in [2.05, 4.69) is 30.6 Å². The van der Waals surface area contributed by atoms with E-state index in [1.54, 1.807) is 0 Å². The number of hydrogen-bond acceptors (Lipinski definition) is 2. The molecule has 0 bridgehead atoms. The van der Waals surface area contributed by atoms with Crippen molar-refractivity contribution >= 4 is 5.91 Å². The minimum atomic E-state index is 0.0713. The Bertz CT molecular complexity index is 319. The number of carbonyl (C=O) groups is 1. The molecular formula is C17H32N2O. The second kappa shape index (κ2) is 6.93. The topological polar surface area (TPSA) is 23.6 Å². The van der Waals surface area contributed by atoms with Crippen molar-refractivity contribution in [2.45, 2.75) is 71.8 Å². The average molecular weight is 280 g/mol. The van der Waals surface area contributed by atoms with Crippen LogP contribution >= 0.6 is 0 Å². The Labute approximate surface area is 124 Å². The summed E-state index contributed by atoms with van der Waals surface area (Å²) in [5, 5.41) is 0. The lowest BCUT2D eigenvalue weighted by Gasteiger charge is -2.32. The third-order valence-corrected chi connectivity index (χ3v) is 5.20. The van der Waals surface area contributed by atoms with E-state index < -0.39 is 0 Å². The second-order valence-electron chi connectivity index (χ2n) is 7.47. The molecule has 2 aliphatic rings. The highest BCUT2D eigenvalue weighted by atomic mass is 16.2. The first-order valence-corrected chi connectivity index (χ1v) is 8.52. The monoisotopic (exact) mass is 280 g/mol. The van der Waals surface area contributed by atoms with E-state index in [9.17, 15) is 4.79 Å². The number of nitrogens with zero attached hydrogens (tertiary/aromatic N) is 2. The maximum Gasteiger partial charge on any atom is 0.239 e. The Kier molecular flexibility index (Phi) is 5.48. The van der Waals surface area contributed by atoms with Crippen molar-refractivity contribution in [2.75, 3.05) is 26.2 Å². The predicted molar refractivity (Wildman–Crippen MR) is 83.7 cm³/mol. The van der Waals surface area contributed by atoms with E-state index in [1.807, 2.05) is 0 Å². The van der Waals surface area contributed by atoms with Crippen LogP contribution < -0.4 is 0 Å². The van der Waals surface area contributed by atoms with Crippen LogP contribution in [-0.2, 0) is 4.79 Å². The zero-order valence-corrected chi connectivity index (χ0v) is 13.7.